The van der Waals surface area contributed by atoms with E-state index in [0.29, 0.717) is 11.9 Å². The molecule has 1 aromatic rings. The van der Waals surface area contributed by atoms with Gasteiger partial charge in [0.25, 0.3) is 0 Å². The van der Waals surface area contributed by atoms with Crippen LogP contribution in [-0.4, -0.2) is 58.5 Å². The summed E-state index contributed by atoms with van der Waals surface area (Å²) in [5.41, 5.74) is 0. The molecule has 29 heavy (non-hydrogen) atoms. The topological polar surface area (TPSA) is 74.6 Å². The smallest absolute Gasteiger partial charge is 0.225 e. The number of aromatic nitrogens is 2. The normalized spacial score (nSPS) is 20.8. The molecule has 1 amide bonds. The molecule has 1 saturated carbocycles. The van der Waals surface area contributed by atoms with Gasteiger partial charge in [0.2, 0.25) is 5.91 Å². The highest BCUT2D eigenvalue weighted by atomic mass is 16.2. The van der Waals surface area contributed by atoms with E-state index >= 15 is 0 Å². The summed E-state index contributed by atoms with van der Waals surface area (Å²) < 4.78 is 2.18. The third-order valence-electron chi connectivity index (χ3n) is 6.14. The minimum Gasteiger partial charge on any atom is -0.357 e. The van der Waals surface area contributed by atoms with Crippen molar-refractivity contribution < 1.29 is 4.79 Å². The SMILES string of the molecule is CCNC(=NCCCCn1ccnc1C)NC1CCN(C(=O)C2CCCCC2)C1. The molecule has 2 fully saturated rings. The van der Waals surface area contributed by atoms with Gasteiger partial charge in [0, 0.05) is 57.1 Å². The van der Waals surface area contributed by atoms with E-state index in [1.165, 1.54) is 19.3 Å². The summed E-state index contributed by atoms with van der Waals surface area (Å²) in [7, 11) is 0. The molecule has 2 heterocycles. The first-order valence-electron chi connectivity index (χ1n) is 11.5. The minimum absolute atomic E-state index is 0.267. The number of rotatable bonds is 8. The number of aliphatic imine (C=N–C) groups is 1. The van der Waals surface area contributed by atoms with Crippen LogP contribution >= 0.6 is 0 Å². The number of amides is 1. The maximum Gasteiger partial charge on any atom is 0.225 e. The number of carbonyl (C=O) groups is 1. The number of guanidine groups is 1. The molecule has 1 saturated heterocycles. The second-order valence-corrected chi connectivity index (χ2v) is 8.38. The van der Waals surface area contributed by atoms with E-state index in [4.69, 9.17) is 4.99 Å². The Balaban J connectivity index is 1.40. The minimum atomic E-state index is 0.267. The van der Waals surface area contributed by atoms with Crippen LogP contribution in [0.1, 0.15) is 64.1 Å². The van der Waals surface area contributed by atoms with Gasteiger partial charge in [-0.25, -0.2) is 4.98 Å². The number of nitrogens with zero attached hydrogens (tertiary/aromatic N) is 4. The number of hydrogen-bond acceptors (Lipinski definition) is 3. The van der Waals surface area contributed by atoms with E-state index in [9.17, 15) is 4.79 Å². The zero-order valence-electron chi connectivity index (χ0n) is 18.2. The Hall–Kier alpha value is -2.05. The monoisotopic (exact) mass is 402 g/mol. The first-order valence-corrected chi connectivity index (χ1v) is 11.5. The number of likely N-dealkylation sites (tertiary alicyclic amines) is 1. The molecule has 162 valence electrons. The van der Waals surface area contributed by atoms with Crippen molar-refractivity contribution in [2.75, 3.05) is 26.2 Å². The Labute approximate surface area is 175 Å². The Morgan fingerprint density at radius 2 is 2.07 bits per heavy atom. The van der Waals surface area contributed by atoms with Crippen molar-refractivity contribution in [2.24, 2.45) is 10.9 Å². The van der Waals surface area contributed by atoms with Crippen LogP contribution in [-0.2, 0) is 11.3 Å². The zero-order valence-corrected chi connectivity index (χ0v) is 18.2. The predicted octanol–water partition coefficient (Wildman–Crippen LogP) is 2.71. The molecular formula is C22H38N6O. The van der Waals surface area contributed by atoms with Crippen molar-refractivity contribution in [3.8, 4) is 0 Å². The molecule has 0 radical (unpaired) electrons. The van der Waals surface area contributed by atoms with Gasteiger partial charge in [-0.3, -0.25) is 9.79 Å². The van der Waals surface area contributed by atoms with Crippen LogP contribution in [0.5, 0.6) is 0 Å². The highest BCUT2D eigenvalue weighted by Crippen LogP contribution is 2.26. The van der Waals surface area contributed by atoms with Crippen molar-refractivity contribution in [2.45, 2.75) is 77.8 Å². The van der Waals surface area contributed by atoms with Gasteiger partial charge in [0.05, 0.1) is 0 Å². The van der Waals surface area contributed by atoms with E-state index in [1.807, 2.05) is 19.3 Å². The lowest BCUT2D eigenvalue weighted by molar-refractivity contribution is -0.135. The van der Waals surface area contributed by atoms with Crippen LogP contribution in [0.4, 0.5) is 0 Å². The molecule has 7 nitrogen and oxygen atoms in total. The van der Waals surface area contributed by atoms with Gasteiger partial charge in [0.1, 0.15) is 5.82 Å². The van der Waals surface area contributed by atoms with Crippen LogP contribution in [0.15, 0.2) is 17.4 Å². The van der Waals surface area contributed by atoms with E-state index in [2.05, 4.69) is 32.0 Å². The fourth-order valence-corrected chi connectivity index (χ4v) is 4.42. The number of hydrogen-bond donors (Lipinski definition) is 2. The summed E-state index contributed by atoms with van der Waals surface area (Å²) in [5.74, 6) is 2.59. The molecule has 1 aliphatic carbocycles. The summed E-state index contributed by atoms with van der Waals surface area (Å²) >= 11 is 0. The van der Waals surface area contributed by atoms with Crippen molar-refractivity contribution in [1.29, 1.82) is 0 Å². The second-order valence-electron chi connectivity index (χ2n) is 8.38. The second kappa shape index (κ2) is 11.2. The lowest BCUT2D eigenvalue weighted by Gasteiger charge is -2.26. The molecule has 0 bridgehead atoms. The Morgan fingerprint density at radius 1 is 1.24 bits per heavy atom. The van der Waals surface area contributed by atoms with Crippen LogP contribution in [0, 0.1) is 12.8 Å². The van der Waals surface area contributed by atoms with Crippen molar-refractivity contribution in [3.05, 3.63) is 18.2 Å². The molecule has 1 unspecified atom stereocenters. The van der Waals surface area contributed by atoms with Crippen LogP contribution in [0.2, 0.25) is 0 Å². The van der Waals surface area contributed by atoms with Gasteiger partial charge in [-0.15, -0.1) is 0 Å². The maximum absolute atomic E-state index is 12.8. The van der Waals surface area contributed by atoms with Gasteiger partial charge in [-0.2, -0.15) is 0 Å². The largest absolute Gasteiger partial charge is 0.357 e. The third kappa shape index (κ3) is 6.47. The van der Waals surface area contributed by atoms with Gasteiger partial charge in [0.15, 0.2) is 5.96 Å². The summed E-state index contributed by atoms with van der Waals surface area (Å²) in [5, 5.41) is 6.90. The first kappa shape index (κ1) is 21.7. The van der Waals surface area contributed by atoms with Crippen molar-refractivity contribution in [1.82, 2.24) is 25.1 Å². The van der Waals surface area contributed by atoms with Gasteiger partial charge in [-0.1, -0.05) is 19.3 Å². The van der Waals surface area contributed by atoms with E-state index in [1.54, 1.807) is 0 Å². The molecule has 1 aromatic heterocycles. The Morgan fingerprint density at radius 3 is 2.79 bits per heavy atom. The third-order valence-corrected chi connectivity index (χ3v) is 6.14. The number of nitrogens with one attached hydrogen (secondary N) is 2. The summed E-state index contributed by atoms with van der Waals surface area (Å²) in [6, 6.07) is 0.300. The summed E-state index contributed by atoms with van der Waals surface area (Å²) in [4.78, 5) is 23.8. The number of carbonyl (C=O) groups excluding carboxylic acids is 1. The van der Waals surface area contributed by atoms with Crippen LogP contribution < -0.4 is 10.6 Å². The van der Waals surface area contributed by atoms with Crippen LogP contribution in [0.25, 0.3) is 0 Å². The lowest BCUT2D eigenvalue weighted by atomic mass is 9.88. The fourth-order valence-electron chi connectivity index (χ4n) is 4.42. The maximum atomic E-state index is 12.8. The van der Waals surface area contributed by atoms with Gasteiger partial charge in [-0.05, 0) is 46.0 Å². The van der Waals surface area contributed by atoms with Crippen molar-refractivity contribution >= 4 is 11.9 Å². The zero-order chi connectivity index (χ0) is 20.5. The number of aryl methyl sites for hydroxylation is 2. The average Bonchev–Trinajstić information content (AvgIpc) is 3.37. The standard InChI is InChI=1S/C22H38N6O/c1-3-23-22(25-12-7-8-14-27-16-13-24-18(27)2)26-20-11-15-28(17-20)21(29)19-9-5-4-6-10-19/h13,16,19-20H,3-12,14-15,17H2,1-2H3,(H2,23,25,26). The van der Waals surface area contributed by atoms with E-state index in [0.717, 1.165) is 76.6 Å². The molecule has 0 aromatic carbocycles. The average molecular weight is 403 g/mol. The molecule has 1 atom stereocenters. The number of unbranched alkanes of at least 4 members (excludes halogenated alkanes) is 1. The predicted molar refractivity (Wildman–Crippen MR) is 117 cm³/mol. The van der Waals surface area contributed by atoms with Gasteiger partial charge < -0.3 is 20.1 Å². The Kier molecular flexibility index (Phi) is 8.38. The highest BCUT2D eigenvalue weighted by molar-refractivity contribution is 5.81. The molecule has 0 spiro atoms. The molecule has 2 N–H and O–H groups in total. The quantitative estimate of drug-likeness (QED) is 0.398. The van der Waals surface area contributed by atoms with E-state index < -0.39 is 0 Å². The van der Waals surface area contributed by atoms with Crippen molar-refractivity contribution in [3.63, 3.8) is 0 Å². The molecular weight excluding hydrogens is 364 g/mol. The number of imidazole rings is 1. The lowest BCUT2D eigenvalue weighted by Crippen LogP contribution is -2.45. The Bertz CT molecular complexity index is 664. The summed E-state index contributed by atoms with van der Waals surface area (Å²) in [6.45, 7) is 8.45. The highest BCUT2D eigenvalue weighted by Gasteiger charge is 2.31. The molecule has 7 heteroatoms. The van der Waals surface area contributed by atoms with E-state index in [-0.39, 0.29) is 5.92 Å². The summed E-state index contributed by atoms with van der Waals surface area (Å²) in [6.07, 6.45) is 12.9. The first-order chi connectivity index (χ1) is 14.2. The molecule has 2 aliphatic rings. The molecule has 3 rings (SSSR count). The fraction of sp³-hybridized carbons (Fsp3) is 0.773. The van der Waals surface area contributed by atoms with Crippen LogP contribution in [0.3, 0.4) is 0 Å². The van der Waals surface area contributed by atoms with Gasteiger partial charge >= 0.3 is 0 Å². The molecule has 1 aliphatic heterocycles.